The van der Waals surface area contributed by atoms with Gasteiger partial charge in [0.1, 0.15) is 4.90 Å². The first-order valence-corrected chi connectivity index (χ1v) is 8.32. The highest BCUT2D eigenvalue weighted by atomic mass is 32.2. The topological polar surface area (TPSA) is 72.2 Å². The predicted octanol–water partition coefficient (Wildman–Crippen LogP) is 2.57. The van der Waals surface area contributed by atoms with Gasteiger partial charge in [-0.1, -0.05) is 25.1 Å². The molecular formula is C13H16N2O2S2. The van der Waals surface area contributed by atoms with E-state index in [9.17, 15) is 8.42 Å². The highest BCUT2D eigenvalue weighted by molar-refractivity contribution is 7.93. The molecule has 0 aliphatic heterocycles. The molecule has 0 unspecified atom stereocenters. The van der Waals surface area contributed by atoms with Crippen molar-refractivity contribution < 1.29 is 8.42 Å². The summed E-state index contributed by atoms with van der Waals surface area (Å²) in [5.41, 5.74) is 7.15. The van der Waals surface area contributed by atoms with E-state index >= 15 is 0 Å². The van der Waals surface area contributed by atoms with Gasteiger partial charge in [-0.15, -0.1) is 11.3 Å². The maximum atomic E-state index is 12.4. The summed E-state index contributed by atoms with van der Waals surface area (Å²) in [5.74, 6) is 0. The van der Waals surface area contributed by atoms with Crippen LogP contribution in [0.5, 0.6) is 0 Å². The quantitative estimate of drug-likeness (QED) is 0.890. The number of rotatable bonds is 5. The first kappa shape index (κ1) is 14.0. The number of hydrogen-bond donors (Lipinski definition) is 2. The smallest absolute Gasteiger partial charge is 0.263 e. The van der Waals surface area contributed by atoms with Crippen LogP contribution in [0.15, 0.2) is 40.6 Å². The van der Waals surface area contributed by atoms with E-state index in [1.54, 1.807) is 17.5 Å². The van der Waals surface area contributed by atoms with Gasteiger partial charge in [0.25, 0.3) is 10.0 Å². The molecule has 0 saturated carbocycles. The lowest BCUT2D eigenvalue weighted by molar-refractivity contribution is 0.600. The third kappa shape index (κ3) is 2.97. The van der Waals surface area contributed by atoms with Crippen molar-refractivity contribution in [2.24, 2.45) is 5.73 Å². The van der Waals surface area contributed by atoms with Crippen molar-refractivity contribution >= 4 is 27.0 Å². The Bertz CT molecular complexity index is 663. The molecule has 1 heterocycles. The zero-order valence-electron chi connectivity index (χ0n) is 10.6. The van der Waals surface area contributed by atoms with Crippen LogP contribution in [0.1, 0.15) is 17.4 Å². The fourth-order valence-electron chi connectivity index (χ4n) is 1.85. The van der Waals surface area contributed by atoms with Gasteiger partial charge in [0.05, 0.1) is 5.69 Å². The number of thiophene rings is 1. The normalized spacial score (nSPS) is 11.5. The molecule has 0 radical (unpaired) electrons. The summed E-state index contributed by atoms with van der Waals surface area (Å²) in [6.07, 6.45) is 0.770. The van der Waals surface area contributed by atoms with Crippen molar-refractivity contribution in [1.82, 2.24) is 0 Å². The number of para-hydroxylation sites is 1. The van der Waals surface area contributed by atoms with Crippen molar-refractivity contribution in [1.29, 1.82) is 0 Å². The Balaban J connectivity index is 2.37. The molecule has 0 aliphatic carbocycles. The molecule has 1 aromatic carbocycles. The van der Waals surface area contributed by atoms with Gasteiger partial charge >= 0.3 is 0 Å². The second kappa shape index (κ2) is 5.73. The van der Waals surface area contributed by atoms with Gasteiger partial charge in [-0.05, 0) is 29.5 Å². The largest absolute Gasteiger partial charge is 0.326 e. The summed E-state index contributed by atoms with van der Waals surface area (Å²) >= 11 is 1.35. The lowest BCUT2D eigenvalue weighted by Crippen LogP contribution is -2.15. The first-order valence-electron chi connectivity index (χ1n) is 5.95. The molecule has 2 aromatic rings. The SMILES string of the molecule is CCc1ccccc1NS(=O)(=O)c1ccsc1CN. The molecule has 6 heteroatoms. The van der Waals surface area contributed by atoms with Gasteiger partial charge in [0.2, 0.25) is 0 Å². The fourth-order valence-corrected chi connectivity index (χ4v) is 4.28. The van der Waals surface area contributed by atoms with Crippen LogP contribution < -0.4 is 10.5 Å². The summed E-state index contributed by atoms with van der Waals surface area (Å²) in [6, 6.07) is 8.98. The number of sulfonamides is 1. The maximum Gasteiger partial charge on any atom is 0.263 e. The van der Waals surface area contributed by atoms with Crippen molar-refractivity contribution in [3.63, 3.8) is 0 Å². The van der Waals surface area contributed by atoms with E-state index in [2.05, 4.69) is 4.72 Å². The molecule has 0 aliphatic rings. The van der Waals surface area contributed by atoms with E-state index in [-0.39, 0.29) is 11.4 Å². The predicted molar refractivity (Wildman–Crippen MR) is 78.8 cm³/mol. The van der Waals surface area contributed by atoms with E-state index in [0.29, 0.717) is 10.6 Å². The summed E-state index contributed by atoms with van der Waals surface area (Å²) in [4.78, 5) is 0.937. The molecule has 0 bridgehead atoms. The van der Waals surface area contributed by atoms with Crippen molar-refractivity contribution in [3.05, 3.63) is 46.2 Å². The first-order chi connectivity index (χ1) is 9.08. The molecule has 19 heavy (non-hydrogen) atoms. The molecule has 0 amide bonds. The van der Waals surface area contributed by atoms with Gasteiger partial charge in [-0.3, -0.25) is 4.72 Å². The highest BCUT2D eigenvalue weighted by Crippen LogP contribution is 2.25. The molecule has 4 nitrogen and oxygen atoms in total. The molecule has 1 aromatic heterocycles. The van der Waals surface area contributed by atoms with Crippen molar-refractivity contribution in [2.45, 2.75) is 24.8 Å². The molecule has 0 saturated heterocycles. The molecular weight excluding hydrogens is 280 g/mol. The Morgan fingerprint density at radius 3 is 2.68 bits per heavy atom. The zero-order valence-corrected chi connectivity index (χ0v) is 12.2. The van der Waals surface area contributed by atoms with Crippen LogP contribution in [-0.4, -0.2) is 8.42 Å². The van der Waals surface area contributed by atoms with E-state index < -0.39 is 10.0 Å². The average molecular weight is 296 g/mol. The third-order valence-corrected chi connectivity index (χ3v) is 5.34. The van der Waals surface area contributed by atoms with Crippen molar-refractivity contribution in [3.8, 4) is 0 Å². The van der Waals surface area contributed by atoms with E-state index in [4.69, 9.17) is 5.73 Å². The zero-order chi connectivity index (χ0) is 13.9. The second-order valence-electron chi connectivity index (χ2n) is 4.03. The number of aryl methyl sites for hydroxylation is 1. The molecule has 0 spiro atoms. The number of anilines is 1. The summed E-state index contributed by atoms with van der Waals surface area (Å²) in [6.45, 7) is 2.21. The van der Waals surface area contributed by atoms with Crippen LogP contribution in [0, 0.1) is 0 Å². The number of hydrogen-bond acceptors (Lipinski definition) is 4. The van der Waals surface area contributed by atoms with Crippen LogP contribution in [0.3, 0.4) is 0 Å². The lowest BCUT2D eigenvalue weighted by Gasteiger charge is -2.11. The van der Waals surface area contributed by atoms with Crippen LogP contribution in [0.2, 0.25) is 0 Å². The van der Waals surface area contributed by atoms with Crippen LogP contribution in [-0.2, 0) is 23.0 Å². The third-order valence-electron chi connectivity index (χ3n) is 2.82. The van der Waals surface area contributed by atoms with Crippen LogP contribution in [0.4, 0.5) is 5.69 Å². The summed E-state index contributed by atoms with van der Waals surface area (Å²) in [7, 11) is -3.56. The molecule has 102 valence electrons. The van der Waals surface area contributed by atoms with E-state index in [1.807, 2.05) is 25.1 Å². The average Bonchev–Trinajstić information content (AvgIpc) is 2.88. The van der Waals surface area contributed by atoms with Gasteiger partial charge in [-0.2, -0.15) is 0 Å². The Kier molecular flexibility index (Phi) is 4.24. The fraction of sp³-hybridized carbons (Fsp3) is 0.231. The van der Waals surface area contributed by atoms with Gasteiger partial charge < -0.3 is 5.73 Å². The molecule has 0 fully saturated rings. The minimum Gasteiger partial charge on any atom is -0.326 e. The molecule has 3 N–H and O–H groups in total. The second-order valence-corrected chi connectivity index (χ2v) is 6.68. The maximum absolute atomic E-state index is 12.4. The van der Waals surface area contributed by atoms with Crippen LogP contribution in [0.25, 0.3) is 0 Å². The monoisotopic (exact) mass is 296 g/mol. The summed E-state index contributed by atoms with van der Waals surface area (Å²) in [5, 5.41) is 1.74. The Labute approximate surface area is 117 Å². The highest BCUT2D eigenvalue weighted by Gasteiger charge is 2.19. The Hall–Kier alpha value is -1.37. The Morgan fingerprint density at radius 2 is 2.00 bits per heavy atom. The van der Waals surface area contributed by atoms with Gasteiger partial charge in [0.15, 0.2) is 0 Å². The minimum absolute atomic E-state index is 0.226. The molecule has 2 rings (SSSR count). The van der Waals surface area contributed by atoms with E-state index in [1.165, 1.54) is 11.3 Å². The van der Waals surface area contributed by atoms with Crippen molar-refractivity contribution in [2.75, 3.05) is 4.72 Å². The Morgan fingerprint density at radius 1 is 1.26 bits per heavy atom. The number of nitrogens with one attached hydrogen (secondary N) is 1. The minimum atomic E-state index is -3.56. The number of nitrogens with two attached hydrogens (primary N) is 1. The lowest BCUT2D eigenvalue weighted by atomic mass is 10.1. The van der Waals surface area contributed by atoms with Gasteiger partial charge in [0, 0.05) is 11.4 Å². The number of benzene rings is 1. The molecule has 0 atom stereocenters. The van der Waals surface area contributed by atoms with Gasteiger partial charge in [-0.25, -0.2) is 8.42 Å². The van der Waals surface area contributed by atoms with Crippen LogP contribution >= 0.6 is 11.3 Å². The standard InChI is InChI=1S/C13H16N2O2S2/c1-2-10-5-3-4-6-11(10)15-19(16,17)13-7-8-18-12(13)9-14/h3-8,15H,2,9,14H2,1H3. The van der Waals surface area contributed by atoms with E-state index in [0.717, 1.165) is 12.0 Å². The summed E-state index contributed by atoms with van der Waals surface area (Å²) < 4.78 is 27.3.